The number of likely N-dealkylation sites (N-methyl/N-ethyl adjacent to an activating group) is 1. The van der Waals surface area contributed by atoms with Crippen molar-refractivity contribution in [3.8, 4) is 5.75 Å². The molecule has 0 N–H and O–H groups in total. The van der Waals surface area contributed by atoms with E-state index in [2.05, 4.69) is 28.8 Å². The summed E-state index contributed by atoms with van der Waals surface area (Å²) in [7, 11) is 5.61. The highest BCUT2D eigenvalue weighted by atomic mass is 16.5. The molecule has 2 aromatic rings. The Labute approximate surface area is 226 Å². The fraction of sp³-hybridized carbons (Fsp3) is 0.600. The number of ether oxygens (including phenoxy) is 1. The molecule has 3 aliphatic rings. The fourth-order valence-corrected chi connectivity index (χ4v) is 6.38. The Morgan fingerprint density at radius 1 is 1.11 bits per heavy atom. The van der Waals surface area contributed by atoms with Gasteiger partial charge in [0.15, 0.2) is 11.6 Å². The number of rotatable bonds is 8. The van der Waals surface area contributed by atoms with Gasteiger partial charge in [0.05, 0.1) is 13.3 Å². The van der Waals surface area contributed by atoms with Gasteiger partial charge in [0, 0.05) is 37.1 Å². The third-order valence-corrected chi connectivity index (χ3v) is 8.73. The van der Waals surface area contributed by atoms with E-state index in [0.717, 1.165) is 62.3 Å². The number of hydrogen-bond donors (Lipinski definition) is 0. The number of aromatic nitrogens is 2. The van der Waals surface area contributed by atoms with Crippen molar-refractivity contribution in [2.45, 2.75) is 76.8 Å². The van der Waals surface area contributed by atoms with Crippen molar-refractivity contribution in [1.29, 1.82) is 0 Å². The predicted molar refractivity (Wildman–Crippen MR) is 149 cm³/mol. The summed E-state index contributed by atoms with van der Waals surface area (Å²) in [5.74, 6) is 2.98. The maximum Gasteiger partial charge on any atom is 0.249 e. The number of nitrogens with zero attached hydrogens (tertiary/aromatic N) is 5. The van der Waals surface area contributed by atoms with Crippen molar-refractivity contribution in [3.63, 3.8) is 0 Å². The summed E-state index contributed by atoms with van der Waals surface area (Å²) < 4.78 is 5.72. The van der Waals surface area contributed by atoms with E-state index in [4.69, 9.17) is 9.72 Å². The van der Waals surface area contributed by atoms with Crippen LogP contribution in [-0.4, -0.2) is 72.9 Å². The van der Waals surface area contributed by atoms with Crippen LogP contribution in [0.25, 0.3) is 0 Å². The highest BCUT2D eigenvalue weighted by Crippen LogP contribution is 2.39. The van der Waals surface area contributed by atoms with Gasteiger partial charge in [-0.2, -0.15) is 0 Å². The van der Waals surface area contributed by atoms with E-state index < -0.39 is 0 Å². The lowest BCUT2D eigenvalue weighted by atomic mass is 9.89. The summed E-state index contributed by atoms with van der Waals surface area (Å²) in [6.07, 6.45) is 10.3. The SMILES string of the molecule is CC[C@H]1C(=O)N(C)c2cnc(Cc3ccc(C(=O)CC4CCN(C)CC4)cc3OC)nc2N1C1CCCC1. The smallest absolute Gasteiger partial charge is 0.249 e. The van der Waals surface area contributed by atoms with Crippen LogP contribution in [0.1, 0.15) is 80.0 Å². The van der Waals surface area contributed by atoms with Crippen molar-refractivity contribution in [3.05, 3.63) is 41.3 Å². The highest BCUT2D eigenvalue weighted by molar-refractivity contribution is 6.04. The lowest BCUT2D eigenvalue weighted by Gasteiger charge is -2.43. The molecular formula is C30H41N5O3. The van der Waals surface area contributed by atoms with Crippen LogP contribution in [0.15, 0.2) is 24.4 Å². The molecular weight excluding hydrogens is 478 g/mol. The van der Waals surface area contributed by atoms with Crippen LogP contribution >= 0.6 is 0 Å². The van der Waals surface area contributed by atoms with Crippen LogP contribution in [0, 0.1) is 5.92 Å². The Morgan fingerprint density at radius 2 is 1.84 bits per heavy atom. The highest BCUT2D eigenvalue weighted by Gasteiger charge is 2.41. The van der Waals surface area contributed by atoms with Crippen molar-refractivity contribution in [2.75, 3.05) is 44.1 Å². The Bertz CT molecular complexity index is 1170. The minimum Gasteiger partial charge on any atom is -0.496 e. The molecule has 0 radical (unpaired) electrons. The van der Waals surface area contributed by atoms with Crippen molar-refractivity contribution in [1.82, 2.24) is 14.9 Å². The van der Waals surface area contributed by atoms with Gasteiger partial charge < -0.3 is 19.4 Å². The maximum absolute atomic E-state index is 13.2. The first-order chi connectivity index (χ1) is 18.4. The van der Waals surface area contributed by atoms with E-state index >= 15 is 0 Å². The number of carbonyl (C=O) groups excluding carboxylic acids is 2. The molecule has 204 valence electrons. The zero-order valence-electron chi connectivity index (χ0n) is 23.3. The molecule has 0 unspecified atom stereocenters. The van der Waals surface area contributed by atoms with Crippen LogP contribution in [0.4, 0.5) is 11.5 Å². The number of ketones is 1. The van der Waals surface area contributed by atoms with Gasteiger partial charge in [0.1, 0.15) is 23.3 Å². The quantitative estimate of drug-likeness (QED) is 0.475. The Morgan fingerprint density at radius 3 is 2.53 bits per heavy atom. The number of fused-ring (bicyclic) bond motifs is 1. The second-order valence-electron chi connectivity index (χ2n) is 11.2. The summed E-state index contributed by atoms with van der Waals surface area (Å²) >= 11 is 0. The lowest BCUT2D eigenvalue weighted by molar-refractivity contribution is -0.120. The molecule has 3 heterocycles. The lowest BCUT2D eigenvalue weighted by Crippen LogP contribution is -2.55. The van der Waals surface area contributed by atoms with Gasteiger partial charge in [-0.25, -0.2) is 9.97 Å². The molecule has 1 saturated heterocycles. The molecule has 1 aromatic heterocycles. The number of methoxy groups -OCH3 is 1. The number of likely N-dealkylation sites (tertiary alicyclic amines) is 1. The molecule has 8 nitrogen and oxygen atoms in total. The number of piperidine rings is 1. The number of anilines is 2. The molecule has 2 aliphatic heterocycles. The Balaban J connectivity index is 1.38. The van der Waals surface area contributed by atoms with Crippen LogP contribution in [0.5, 0.6) is 5.75 Å². The van der Waals surface area contributed by atoms with E-state index in [-0.39, 0.29) is 17.7 Å². The van der Waals surface area contributed by atoms with Gasteiger partial charge in [-0.1, -0.05) is 31.9 Å². The van der Waals surface area contributed by atoms with E-state index in [1.165, 1.54) is 12.8 Å². The largest absolute Gasteiger partial charge is 0.496 e. The molecule has 0 spiro atoms. The molecule has 1 aromatic carbocycles. The fourth-order valence-electron chi connectivity index (χ4n) is 6.38. The molecule has 2 fully saturated rings. The standard InChI is InChI=1S/C30H41N5O3/c1-5-24-30(37)34(3)25-19-31-28(32-29(25)35(24)23-8-6-7-9-23)18-22-11-10-21(17-27(22)38-4)26(36)16-20-12-14-33(2)15-13-20/h10-11,17,19-20,23-24H,5-9,12-16,18H2,1-4H3/t24-/m0/s1. The third kappa shape index (κ3) is 5.28. The van der Waals surface area contributed by atoms with E-state index in [9.17, 15) is 9.59 Å². The maximum atomic E-state index is 13.2. The third-order valence-electron chi connectivity index (χ3n) is 8.73. The van der Waals surface area contributed by atoms with E-state index in [1.807, 2.05) is 25.2 Å². The molecule has 1 amide bonds. The first-order valence-corrected chi connectivity index (χ1v) is 14.2. The normalized spacial score (nSPS) is 21.2. The van der Waals surface area contributed by atoms with Crippen LogP contribution in [0.2, 0.25) is 0 Å². The Hall–Kier alpha value is -3.00. The second kappa shape index (κ2) is 11.4. The molecule has 8 heteroatoms. The average Bonchev–Trinajstić information content (AvgIpc) is 3.46. The molecule has 0 bridgehead atoms. The van der Waals surface area contributed by atoms with Gasteiger partial charge in [-0.3, -0.25) is 9.59 Å². The number of carbonyl (C=O) groups is 2. The van der Waals surface area contributed by atoms with E-state index in [1.54, 1.807) is 18.2 Å². The minimum absolute atomic E-state index is 0.116. The van der Waals surface area contributed by atoms with E-state index in [0.29, 0.717) is 41.9 Å². The Kier molecular flexibility index (Phi) is 7.98. The average molecular weight is 520 g/mol. The zero-order chi connectivity index (χ0) is 26.8. The number of benzene rings is 1. The van der Waals surface area contributed by atoms with Crippen LogP contribution in [-0.2, 0) is 11.2 Å². The van der Waals surface area contributed by atoms with Crippen molar-refractivity contribution >= 4 is 23.2 Å². The summed E-state index contributed by atoms with van der Waals surface area (Å²) in [6, 6.07) is 5.90. The van der Waals surface area contributed by atoms with Gasteiger partial charge in [-0.05, 0) is 64.2 Å². The van der Waals surface area contributed by atoms with Crippen molar-refractivity contribution < 1.29 is 14.3 Å². The van der Waals surface area contributed by atoms with Gasteiger partial charge >= 0.3 is 0 Å². The molecule has 38 heavy (non-hydrogen) atoms. The number of Topliss-reactive ketones (excluding diaryl/α,β-unsaturated/α-hetero) is 1. The number of amides is 1. The first-order valence-electron chi connectivity index (χ1n) is 14.2. The number of hydrogen-bond acceptors (Lipinski definition) is 7. The topological polar surface area (TPSA) is 78.9 Å². The zero-order valence-corrected chi connectivity index (χ0v) is 23.3. The summed E-state index contributed by atoms with van der Waals surface area (Å²) in [4.78, 5) is 42.2. The first kappa shape index (κ1) is 26.6. The van der Waals surface area contributed by atoms with Gasteiger partial charge in [0.2, 0.25) is 5.91 Å². The predicted octanol–water partition coefficient (Wildman–Crippen LogP) is 4.49. The summed E-state index contributed by atoms with van der Waals surface area (Å²) in [5, 5.41) is 0. The summed E-state index contributed by atoms with van der Waals surface area (Å²) in [6.45, 7) is 4.19. The second-order valence-corrected chi connectivity index (χ2v) is 11.2. The summed E-state index contributed by atoms with van der Waals surface area (Å²) in [5.41, 5.74) is 2.43. The monoisotopic (exact) mass is 519 g/mol. The van der Waals surface area contributed by atoms with Crippen LogP contribution in [0.3, 0.4) is 0 Å². The molecule has 5 rings (SSSR count). The van der Waals surface area contributed by atoms with Gasteiger partial charge in [0.25, 0.3) is 0 Å². The molecule has 1 atom stereocenters. The molecule has 1 aliphatic carbocycles. The van der Waals surface area contributed by atoms with Crippen molar-refractivity contribution in [2.24, 2.45) is 5.92 Å². The van der Waals surface area contributed by atoms with Crippen LogP contribution < -0.4 is 14.5 Å². The molecule has 1 saturated carbocycles. The van der Waals surface area contributed by atoms with Gasteiger partial charge in [-0.15, -0.1) is 0 Å². The minimum atomic E-state index is -0.192.